The Kier molecular flexibility index (Phi) is 4.45. The summed E-state index contributed by atoms with van der Waals surface area (Å²) in [6, 6.07) is 4.09. The Bertz CT molecular complexity index is 1210. The maximum Gasteiger partial charge on any atom is 0.240 e. The highest BCUT2D eigenvalue weighted by atomic mass is 16.5. The Morgan fingerprint density at radius 2 is 2.16 bits per heavy atom. The van der Waals surface area contributed by atoms with E-state index in [4.69, 9.17) is 9.72 Å². The summed E-state index contributed by atoms with van der Waals surface area (Å²) in [4.78, 5) is 25.2. The van der Waals surface area contributed by atoms with E-state index in [-0.39, 0.29) is 5.91 Å². The number of benzene rings is 1. The summed E-state index contributed by atoms with van der Waals surface area (Å²) >= 11 is 0. The van der Waals surface area contributed by atoms with Gasteiger partial charge < -0.3 is 14.6 Å². The Labute approximate surface area is 187 Å². The summed E-state index contributed by atoms with van der Waals surface area (Å²) in [5.41, 5.74) is 7.76. The normalized spacial score (nSPS) is 24.9. The minimum absolute atomic E-state index is 0.0824. The number of nitrogens with one attached hydrogen (secondary N) is 2. The zero-order chi connectivity index (χ0) is 22.0. The molecule has 3 aliphatic rings. The van der Waals surface area contributed by atoms with E-state index in [1.165, 1.54) is 17.7 Å². The topological polar surface area (TPSA) is 90.1 Å². The number of aromatic nitrogens is 4. The van der Waals surface area contributed by atoms with Crippen LogP contribution in [-0.2, 0) is 22.4 Å². The summed E-state index contributed by atoms with van der Waals surface area (Å²) < 4.78 is 5.39. The number of fused-ring (bicyclic) bond motifs is 3. The third-order valence-electron chi connectivity index (χ3n) is 7.74. The number of morpholine rings is 1. The molecule has 1 aromatic carbocycles. The van der Waals surface area contributed by atoms with Crippen LogP contribution in [0.5, 0.6) is 0 Å². The third-order valence-corrected chi connectivity index (χ3v) is 7.74. The number of nitrogens with zero attached hydrogens (tertiary/aromatic N) is 4. The molecule has 2 aromatic heterocycles. The second-order valence-corrected chi connectivity index (χ2v) is 10.0. The quantitative estimate of drug-likeness (QED) is 0.659. The van der Waals surface area contributed by atoms with Crippen molar-refractivity contribution >= 4 is 22.6 Å². The van der Waals surface area contributed by atoms with E-state index < -0.39 is 0 Å². The second kappa shape index (κ2) is 7.15. The molecule has 2 N–H and O–H groups in total. The summed E-state index contributed by atoms with van der Waals surface area (Å²) in [5, 5.41) is 7.89. The van der Waals surface area contributed by atoms with Crippen molar-refractivity contribution in [2.75, 3.05) is 44.8 Å². The number of rotatable bonds is 4. The fourth-order valence-corrected chi connectivity index (χ4v) is 5.47. The number of H-pyrrole nitrogens is 2. The molecule has 8 nitrogen and oxygen atoms in total. The molecule has 3 heterocycles. The number of hydrogen-bond acceptors (Lipinski definition) is 5. The van der Waals surface area contributed by atoms with Crippen molar-refractivity contribution in [1.29, 1.82) is 0 Å². The van der Waals surface area contributed by atoms with Crippen LogP contribution in [0.25, 0.3) is 22.6 Å². The lowest BCUT2D eigenvalue weighted by molar-refractivity contribution is -0.120. The maximum absolute atomic E-state index is 12.9. The first-order chi connectivity index (χ1) is 15.4. The largest absolute Gasteiger partial charge is 0.379 e. The Balaban J connectivity index is 1.28. The van der Waals surface area contributed by atoms with Gasteiger partial charge in [-0.25, -0.2) is 4.98 Å². The molecule has 6 rings (SSSR count). The first-order valence-electron chi connectivity index (χ1n) is 11.5. The number of likely N-dealkylation sites (N-methyl/N-ethyl adjacent to an activating group) is 1. The molecule has 0 bridgehead atoms. The molecule has 1 aliphatic heterocycles. The molecule has 32 heavy (non-hydrogen) atoms. The fourth-order valence-electron chi connectivity index (χ4n) is 5.47. The van der Waals surface area contributed by atoms with Gasteiger partial charge >= 0.3 is 0 Å². The number of ether oxygens (including phenoxy) is 1. The van der Waals surface area contributed by atoms with Crippen molar-refractivity contribution < 1.29 is 9.53 Å². The van der Waals surface area contributed by atoms with E-state index in [0.29, 0.717) is 25.2 Å². The highest BCUT2D eigenvalue weighted by molar-refractivity contribution is 5.97. The maximum atomic E-state index is 12.9. The van der Waals surface area contributed by atoms with Crippen molar-refractivity contribution in [1.82, 2.24) is 25.1 Å². The zero-order valence-electron chi connectivity index (χ0n) is 19.0. The van der Waals surface area contributed by atoms with Gasteiger partial charge in [-0.3, -0.25) is 14.8 Å². The minimum atomic E-state index is 0.0824. The fraction of sp³-hybridized carbons (Fsp3) is 0.542. The van der Waals surface area contributed by atoms with E-state index in [9.17, 15) is 4.79 Å². The van der Waals surface area contributed by atoms with Crippen molar-refractivity contribution in [2.45, 2.75) is 33.1 Å². The molecule has 3 aromatic rings. The molecule has 2 aliphatic carbocycles. The first-order valence-corrected chi connectivity index (χ1v) is 11.5. The van der Waals surface area contributed by atoms with E-state index in [0.717, 1.165) is 65.7 Å². The average molecular weight is 435 g/mol. The highest BCUT2D eigenvalue weighted by Gasteiger charge is 2.53. The number of anilines is 1. The van der Waals surface area contributed by atoms with Gasteiger partial charge in [0.15, 0.2) is 5.82 Å². The molecule has 1 saturated heterocycles. The number of imidazole rings is 1. The molecular formula is C24H30N6O2. The third kappa shape index (κ3) is 3.24. The lowest BCUT2D eigenvalue weighted by Crippen LogP contribution is -2.43. The standard InChI is InChI=1S/C24H30N6O2/c1-14-8-17-18(10-20(14)29(3)21(31)13-30-4-6-32-7-5-30)26-23(25-17)22-16-9-15-11-24(15,2)12-19(16)27-28-22/h8,10,15H,4-7,9,11-13H2,1-3H3,(H,25,26)(H,27,28)/t15-,24-/m1/s1. The van der Waals surface area contributed by atoms with Crippen molar-refractivity contribution in [3.05, 3.63) is 29.0 Å². The number of amides is 1. The van der Waals surface area contributed by atoms with Gasteiger partial charge in [0.1, 0.15) is 5.69 Å². The molecule has 168 valence electrons. The highest BCUT2D eigenvalue weighted by Crippen LogP contribution is 2.59. The Hall–Kier alpha value is -2.71. The number of carbonyl (C=O) groups is 1. The van der Waals surface area contributed by atoms with E-state index in [1.807, 2.05) is 20.0 Å². The van der Waals surface area contributed by atoms with Gasteiger partial charge in [-0.15, -0.1) is 0 Å². The second-order valence-electron chi connectivity index (χ2n) is 10.0. The smallest absolute Gasteiger partial charge is 0.240 e. The van der Waals surface area contributed by atoms with Crippen LogP contribution in [0.1, 0.15) is 30.2 Å². The Morgan fingerprint density at radius 1 is 1.34 bits per heavy atom. The molecule has 0 radical (unpaired) electrons. The Morgan fingerprint density at radius 3 is 2.97 bits per heavy atom. The van der Waals surface area contributed by atoms with Crippen LogP contribution in [-0.4, -0.2) is 70.9 Å². The molecule has 2 atom stereocenters. The molecule has 1 amide bonds. The van der Waals surface area contributed by atoms with Crippen LogP contribution in [0.15, 0.2) is 12.1 Å². The minimum Gasteiger partial charge on any atom is -0.379 e. The van der Waals surface area contributed by atoms with Crippen molar-refractivity contribution in [3.8, 4) is 11.5 Å². The van der Waals surface area contributed by atoms with Crippen molar-refractivity contribution in [3.63, 3.8) is 0 Å². The van der Waals surface area contributed by atoms with Gasteiger partial charge in [-0.2, -0.15) is 5.10 Å². The van der Waals surface area contributed by atoms with Gasteiger partial charge in [-0.1, -0.05) is 6.92 Å². The SMILES string of the molecule is Cc1cc2[nH]c(-c3n[nH]c4c3C[C@@H]3C[C@]3(C)C4)nc2cc1N(C)C(=O)CN1CCOCC1. The van der Waals surface area contributed by atoms with Crippen molar-refractivity contribution in [2.24, 2.45) is 11.3 Å². The zero-order valence-corrected chi connectivity index (χ0v) is 19.0. The number of hydrogen-bond donors (Lipinski definition) is 2. The summed E-state index contributed by atoms with van der Waals surface area (Å²) in [5.74, 6) is 1.66. The van der Waals surface area contributed by atoms with E-state index >= 15 is 0 Å². The number of aryl methyl sites for hydroxylation is 1. The summed E-state index contributed by atoms with van der Waals surface area (Å²) in [6.45, 7) is 7.80. The average Bonchev–Trinajstić information content (AvgIpc) is 3.06. The molecule has 0 unspecified atom stereocenters. The van der Waals surface area contributed by atoms with Gasteiger partial charge in [-0.05, 0) is 55.2 Å². The predicted octanol–water partition coefficient (Wildman–Crippen LogP) is 2.68. The monoisotopic (exact) mass is 434 g/mol. The van der Waals surface area contributed by atoms with Gasteiger partial charge in [0, 0.05) is 37.1 Å². The molecular weight excluding hydrogens is 404 g/mol. The summed E-state index contributed by atoms with van der Waals surface area (Å²) in [6.07, 6.45) is 3.47. The first kappa shape index (κ1) is 19.9. The van der Waals surface area contributed by atoms with Gasteiger partial charge in [0.05, 0.1) is 30.8 Å². The van der Waals surface area contributed by atoms with Crippen LogP contribution < -0.4 is 4.90 Å². The van der Waals surface area contributed by atoms with Crippen LogP contribution in [0.3, 0.4) is 0 Å². The van der Waals surface area contributed by atoms with Gasteiger partial charge in [0.2, 0.25) is 5.91 Å². The van der Waals surface area contributed by atoms with Gasteiger partial charge in [0.25, 0.3) is 0 Å². The molecule has 2 fully saturated rings. The lowest BCUT2D eigenvalue weighted by Gasteiger charge is -2.28. The molecule has 1 saturated carbocycles. The number of carbonyl (C=O) groups excluding carboxylic acids is 1. The number of aromatic amines is 2. The van der Waals surface area contributed by atoms with Crippen LogP contribution in [0.2, 0.25) is 0 Å². The van der Waals surface area contributed by atoms with Crippen LogP contribution >= 0.6 is 0 Å². The van der Waals surface area contributed by atoms with Crippen LogP contribution in [0.4, 0.5) is 5.69 Å². The van der Waals surface area contributed by atoms with Crippen LogP contribution in [0, 0.1) is 18.3 Å². The molecule has 0 spiro atoms. The predicted molar refractivity (Wildman–Crippen MR) is 123 cm³/mol. The summed E-state index contributed by atoms with van der Waals surface area (Å²) in [7, 11) is 1.85. The lowest BCUT2D eigenvalue weighted by atomic mass is 9.88. The van der Waals surface area contributed by atoms with E-state index in [1.54, 1.807) is 4.90 Å². The van der Waals surface area contributed by atoms with E-state index in [2.05, 4.69) is 33.1 Å². The molecule has 8 heteroatoms.